The zero-order chi connectivity index (χ0) is 23.5. The van der Waals surface area contributed by atoms with Crippen molar-refractivity contribution >= 4 is 33.1 Å². The Morgan fingerprint density at radius 3 is 2.66 bits per heavy atom. The number of nitrogens with zero attached hydrogens (tertiary/aromatic N) is 2. The summed E-state index contributed by atoms with van der Waals surface area (Å²) < 4.78 is 23.9. The largest absolute Gasteiger partial charge is 0.326 e. The van der Waals surface area contributed by atoms with Gasteiger partial charge in [0, 0.05) is 18.7 Å². The number of hydrogen-bond donors (Lipinski definition) is 2. The van der Waals surface area contributed by atoms with Crippen LogP contribution in [0.3, 0.4) is 0 Å². The van der Waals surface area contributed by atoms with E-state index < -0.39 is 21.4 Å². The Kier molecular flexibility index (Phi) is 7.68. The number of carbonyl (C=O) groups excluding carboxylic acids is 1. The highest BCUT2D eigenvalue weighted by molar-refractivity contribution is 7.90. The van der Waals surface area contributed by atoms with Gasteiger partial charge in [-0.1, -0.05) is 56.7 Å². The molecule has 1 aromatic rings. The lowest BCUT2D eigenvalue weighted by Crippen LogP contribution is -2.62. The van der Waals surface area contributed by atoms with Crippen molar-refractivity contribution < 1.29 is 18.4 Å². The van der Waals surface area contributed by atoms with Gasteiger partial charge in [0.1, 0.15) is 0 Å². The fraction of sp³-hybridized carbons (Fsp3) is 0.565. The maximum absolute atomic E-state index is 13.6. The average molecular weight is 482 g/mol. The predicted molar refractivity (Wildman–Crippen MR) is 126 cm³/mol. The number of carbonyl (C=O) groups is 1. The third kappa shape index (κ3) is 5.35. The smallest absolute Gasteiger partial charge is 0.229 e. The molecule has 1 heterocycles. The summed E-state index contributed by atoms with van der Waals surface area (Å²) in [4.78, 5) is 18.0. The number of amides is 1. The molecule has 0 saturated heterocycles. The van der Waals surface area contributed by atoms with Gasteiger partial charge in [0.2, 0.25) is 5.91 Å². The normalized spacial score (nSPS) is 22.7. The van der Waals surface area contributed by atoms with E-state index in [1.54, 1.807) is 19.1 Å². The van der Waals surface area contributed by atoms with Crippen LogP contribution in [0.15, 0.2) is 40.5 Å². The molecule has 2 N–H and O–H groups in total. The number of rotatable bonds is 8. The molecule has 2 atom stereocenters. The summed E-state index contributed by atoms with van der Waals surface area (Å²) in [5.41, 5.74) is 0.176. The molecule has 9 heteroatoms. The molecule has 1 amide bonds. The van der Waals surface area contributed by atoms with Gasteiger partial charge in [-0.05, 0) is 43.4 Å². The summed E-state index contributed by atoms with van der Waals surface area (Å²) in [5, 5.41) is 14.6. The zero-order valence-corrected chi connectivity index (χ0v) is 20.4. The topological polar surface area (TPSA) is 99.1 Å². The van der Waals surface area contributed by atoms with Gasteiger partial charge in [0.25, 0.3) is 0 Å². The number of aliphatic imine (C=N–C) groups is 1. The number of sulfone groups is 1. The van der Waals surface area contributed by atoms with Crippen LogP contribution in [0, 0.1) is 5.92 Å². The van der Waals surface area contributed by atoms with Crippen molar-refractivity contribution in [2.45, 2.75) is 75.3 Å². The molecule has 2 aliphatic rings. The van der Waals surface area contributed by atoms with Crippen molar-refractivity contribution in [3.63, 3.8) is 0 Å². The maximum atomic E-state index is 13.6. The van der Waals surface area contributed by atoms with Crippen LogP contribution in [0.1, 0.15) is 70.3 Å². The van der Waals surface area contributed by atoms with E-state index in [0.717, 1.165) is 43.4 Å². The van der Waals surface area contributed by atoms with Crippen molar-refractivity contribution in [3.05, 3.63) is 41.2 Å². The molecule has 1 saturated carbocycles. The maximum Gasteiger partial charge on any atom is 0.229 e. The van der Waals surface area contributed by atoms with Gasteiger partial charge < -0.3 is 5.32 Å². The number of nitrogens with one attached hydrogen (secondary N) is 1. The number of hydroxylamine groups is 2. The molecule has 0 spiro atoms. The van der Waals surface area contributed by atoms with Crippen molar-refractivity contribution in [2.75, 3.05) is 6.26 Å². The van der Waals surface area contributed by atoms with E-state index in [1.165, 1.54) is 18.5 Å². The lowest BCUT2D eigenvalue weighted by atomic mass is 9.86. The minimum Gasteiger partial charge on any atom is -0.326 e. The lowest BCUT2D eigenvalue weighted by Gasteiger charge is -2.40. The quantitative estimate of drug-likeness (QED) is 0.562. The van der Waals surface area contributed by atoms with Crippen LogP contribution in [-0.4, -0.2) is 42.2 Å². The van der Waals surface area contributed by atoms with Crippen molar-refractivity contribution in [3.8, 4) is 0 Å². The molecule has 0 bridgehead atoms. The van der Waals surface area contributed by atoms with Crippen LogP contribution in [0.4, 0.5) is 0 Å². The van der Waals surface area contributed by atoms with E-state index in [4.69, 9.17) is 11.6 Å². The van der Waals surface area contributed by atoms with Crippen LogP contribution >= 0.6 is 11.6 Å². The molecular formula is C23H32ClN3O4S. The number of benzene rings is 1. The van der Waals surface area contributed by atoms with Gasteiger partial charge in [-0.3, -0.25) is 15.0 Å². The summed E-state index contributed by atoms with van der Waals surface area (Å²) >= 11 is 6.30. The molecule has 0 aromatic heterocycles. The van der Waals surface area contributed by atoms with Crippen molar-refractivity contribution in [1.29, 1.82) is 0 Å². The molecule has 0 radical (unpaired) electrons. The first-order valence-corrected chi connectivity index (χ1v) is 13.4. The summed E-state index contributed by atoms with van der Waals surface area (Å²) in [7, 11) is -3.47. The molecule has 3 rings (SSSR count). The second-order valence-corrected chi connectivity index (χ2v) is 11.3. The highest BCUT2D eigenvalue weighted by Crippen LogP contribution is 2.36. The van der Waals surface area contributed by atoms with Gasteiger partial charge >= 0.3 is 0 Å². The molecule has 1 fully saturated rings. The van der Waals surface area contributed by atoms with E-state index in [2.05, 4.69) is 10.3 Å². The van der Waals surface area contributed by atoms with Crippen LogP contribution in [0.5, 0.6) is 0 Å². The molecule has 176 valence electrons. The molecular weight excluding hydrogens is 450 g/mol. The highest BCUT2D eigenvalue weighted by atomic mass is 35.5. The molecule has 1 aliphatic heterocycles. The Morgan fingerprint density at radius 1 is 1.38 bits per heavy atom. The summed E-state index contributed by atoms with van der Waals surface area (Å²) in [5.74, 6) is -0.365. The van der Waals surface area contributed by atoms with Crippen molar-refractivity contribution in [2.24, 2.45) is 10.9 Å². The second kappa shape index (κ2) is 9.93. The van der Waals surface area contributed by atoms with E-state index in [0.29, 0.717) is 30.0 Å². The first-order chi connectivity index (χ1) is 15.1. The lowest BCUT2D eigenvalue weighted by molar-refractivity contribution is -0.140. The summed E-state index contributed by atoms with van der Waals surface area (Å²) in [6.07, 6.45) is 10.5. The van der Waals surface area contributed by atoms with Crippen molar-refractivity contribution in [1.82, 2.24) is 10.4 Å². The van der Waals surface area contributed by atoms with Gasteiger partial charge in [-0.15, -0.1) is 0 Å². The second-order valence-electron chi connectivity index (χ2n) is 8.93. The van der Waals surface area contributed by atoms with Gasteiger partial charge in [-0.2, -0.15) is 0 Å². The first-order valence-electron chi connectivity index (χ1n) is 11.1. The van der Waals surface area contributed by atoms with E-state index in [-0.39, 0.29) is 15.8 Å². The minimum absolute atomic E-state index is 0.0474. The van der Waals surface area contributed by atoms with Gasteiger partial charge in [-0.25, -0.2) is 13.5 Å². The Labute approximate surface area is 195 Å². The van der Waals surface area contributed by atoms with Crippen LogP contribution in [0.25, 0.3) is 0 Å². The zero-order valence-electron chi connectivity index (χ0n) is 18.8. The number of hydrogen-bond acceptors (Lipinski definition) is 6. The molecule has 1 aliphatic carbocycles. The number of halogens is 1. The fourth-order valence-corrected chi connectivity index (χ4v) is 5.94. The van der Waals surface area contributed by atoms with Crippen LogP contribution < -0.4 is 5.32 Å². The average Bonchev–Trinajstić information content (AvgIpc) is 3.22. The third-order valence-electron chi connectivity index (χ3n) is 6.43. The van der Waals surface area contributed by atoms with E-state index in [9.17, 15) is 18.4 Å². The summed E-state index contributed by atoms with van der Waals surface area (Å²) in [6.45, 7) is 3.74. The van der Waals surface area contributed by atoms with E-state index >= 15 is 0 Å². The molecule has 2 unspecified atom stereocenters. The standard InChI is InChI=1S/C23H32ClN3O4S/c1-4-7-21-23(2,27(29)13-12-25-21)26-22(28)18(14-16-8-5-6-9-16)17-10-11-20(19(24)15-17)32(3,30)31/h10-13,15-16,18,29H,4-9,14H2,1-3H3,(H,26,28). The minimum atomic E-state index is -3.47. The van der Waals surface area contributed by atoms with Gasteiger partial charge in [0.15, 0.2) is 15.5 Å². The van der Waals surface area contributed by atoms with Gasteiger partial charge in [0.05, 0.1) is 21.5 Å². The van der Waals surface area contributed by atoms with Crippen LogP contribution in [-0.2, 0) is 14.6 Å². The first kappa shape index (κ1) is 24.7. The summed E-state index contributed by atoms with van der Waals surface area (Å²) in [6, 6.07) is 4.72. The SMILES string of the molecule is CCCC1=NC=CN(O)C1(C)NC(=O)C(CC1CCCC1)c1ccc(S(C)(=O)=O)c(Cl)c1. The Balaban J connectivity index is 1.93. The fourth-order valence-electron chi connectivity index (χ4n) is 4.60. The predicted octanol–water partition coefficient (Wildman–Crippen LogP) is 4.66. The Bertz CT molecular complexity index is 1020. The van der Waals surface area contributed by atoms with E-state index in [1.807, 2.05) is 6.92 Å². The van der Waals surface area contributed by atoms with Crippen LogP contribution in [0.2, 0.25) is 5.02 Å². The molecule has 7 nitrogen and oxygen atoms in total. The third-order valence-corrected chi connectivity index (χ3v) is 8.01. The highest BCUT2D eigenvalue weighted by Gasteiger charge is 2.40. The molecule has 1 aromatic carbocycles. The Hall–Kier alpha value is -1.90. The molecule has 32 heavy (non-hydrogen) atoms. The Morgan fingerprint density at radius 2 is 2.06 bits per heavy atom. The monoisotopic (exact) mass is 481 g/mol.